The molecule has 0 aliphatic carbocycles. The smallest absolute Gasteiger partial charge is 0.191 e. The Morgan fingerprint density at radius 3 is 2.85 bits per heavy atom. The second-order valence-corrected chi connectivity index (χ2v) is 8.02. The zero-order valence-corrected chi connectivity index (χ0v) is 20.2. The molecule has 2 N–H and O–H groups in total. The predicted molar refractivity (Wildman–Crippen MR) is 124 cm³/mol. The standard InChI is InChI=1S/C19H27BrN6.HI/c1-12(2)18-24-17-8-7-16(11-26(17)25-18)23-19(21-4)22-10-14-5-6-15(20)9-13(14)3;/h5-6,9,12,16H,7-8,10-11H2,1-4H3,(H2,21,22,23);1H. The Morgan fingerprint density at radius 2 is 2.19 bits per heavy atom. The van der Waals surface area contributed by atoms with Crippen LogP contribution in [0.3, 0.4) is 0 Å². The van der Waals surface area contributed by atoms with Gasteiger partial charge in [-0.15, -0.1) is 24.0 Å². The number of aryl methyl sites for hydroxylation is 2. The fourth-order valence-corrected chi connectivity index (χ4v) is 3.59. The zero-order valence-electron chi connectivity index (χ0n) is 16.3. The molecule has 1 atom stereocenters. The molecule has 0 bridgehead atoms. The van der Waals surface area contributed by atoms with Crippen LogP contribution in [0.2, 0.25) is 0 Å². The largest absolute Gasteiger partial charge is 0.352 e. The minimum absolute atomic E-state index is 0. The second kappa shape index (κ2) is 9.86. The Labute approximate surface area is 186 Å². The number of nitrogens with zero attached hydrogens (tertiary/aromatic N) is 4. The number of rotatable bonds is 4. The molecule has 148 valence electrons. The molecule has 0 saturated carbocycles. The summed E-state index contributed by atoms with van der Waals surface area (Å²) >= 11 is 3.51. The lowest BCUT2D eigenvalue weighted by atomic mass is 10.1. The number of aromatic nitrogens is 3. The predicted octanol–water partition coefficient (Wildman–Crippen LogP) is 3.77. The van der Waals surface area contributed by atoms with E-state index < -0.39 is 0 Å². The molecule has 2 heterocycles. The van der Waals surface area contributed by atoms with Gasteiger partial charge in [-0.3, -0.25) is 4.99 Å². The highest BCUT2D eigenvalue weighted by molar-refractivity contribution is 14.0. The van der Waals surface area contributed by atoms with Crippen molar-refractivity contribution in [2.45, 2.75) is 58.7 Å². The third-order valence-corrected chi connectivity index (χ3v) is 5.20. The monoisotopic (exact) mass is 546 g/mol. The molecule has 27 heavy (non-hydrogen) atoms. The van der Waals surface area contributed by atoms with Crippen LogP contribution >= 0.6 is 39.9 Å². The molecule has 0 radical (unpaired) electrons. The van der Waals surface area contributed by atoms with Crippen molar-refractivity contribution in [3.05, 3.63) is 45.4 Å². The SMILES string of the molecule is CN=C(NCc1ccc(Br)cc1C)NC1CCc2nc(C(C)C)nn2C1.I. The van der Waals surface area contributed by atoms with Gasteiger partial charge in [-0.05, 0) is 36.6 Å². The third-order valence-electron chi connectivity index (χ3n) is 4.71. The number of guanidine groups is 1. The zero-order chi connectivity index (χ0) is 18.7. The Balaban J connectivity index is 0.00000261. The molecule has 1 unspecified atom stereocenters. The molecule has 0 saturated heterocycles. The van der Waals surface area contributed by atoms with Gasteiger partial charge in [0.1, 0.15) is 5.82 Å². The topological polar surface area (TPSA) is 67.1 Å². The Morgan fingerprint density at radius 1 is 1.41 bits per heavy atom. The van der Waals surface area contributed by atoms with Crippen LogP contribution in [0.1, 0.15) is 49.0 Å². The lowest BCUT2D eigenvalue weighted by molar-refractivity contribution is 0.391. The van der Waals surface area contributed by atoms with Crippen molar-refractivity contribution >= 4 is 45.9 Å². The molecule has 0 amide bonds. The summed E-state index contributed by atoms with van der Waals surface area (Å²) in [4.78, 5) is 9.02. The van der Waals surface area contributed by atoms with E-state index in [-0.39, 0.29) is 24.0 Å². The summed E-state index contributed by atoms with van der Waals surface area (Å²) in [6, 6.07) is 6.64. The summed E-state index contributed by atoms with van der Waals surface area (Å²) < 4.78 is 3.15. The number of nitrogens with one attached hydrogen (secondary N) is 2. The minimum Gasteiger partial charge on any atom is -0.352 e. The molecule has 6 nitrogen and oxygen atoms in total. The molecule has 8 heteroatoms. The van der Waals surface area contributed by atoms with Crippen LogP contribution < -0.4 is 10.6 Å². The van der Waals surface area contributed by atoms with Crippen molar-refractivity contribution < 1.29 is 0 Å². The van der Waals surface area contributed by atoms with Crippen molar-refractivity contribution in [1.29, 1.82) is 0 Å². The van der Waals surface area contributed by atoms with E-state index in [1.54, 1.807) is 0 Å². The van der Waals surface area contributed by atoms with Gasteiger partial charge in [0.2, 0.25) is 0 Å². The average Bonchev–Trinajstić information content (AvgIpc) is 3.03. The third kappa shape index (κ3) is 5.66. The van der Waals surface area contributed by atoms with Gasteiger partial charge >= 0.3 is 0 Å². The Kier molecular flexibility index (Phi) is 8.08. The summed E-state index contributed by atoms with van der Waals surface area (Å²) in [6.07, 6.45) is 1.98. The number of benzene rings is 1. The highest BCUT2D eigenvalue weighted by Gasteiger charge is 2.23. The summed E-state index contributed by atoms with van der Waals surface area (Å²) in [5, 5.41) is 11.6. The first kappa shape index (κ1) is 22.1. The van der Waals surface area contributed by atoms with Crippen LogP contribution in [0.4, 0.5) is 0 Å². The normalized spacial score (nSPS) is 16.7. The summed E-state index contributed by atoms with van der Waals surface area (Å²) in [5.41, 5.74) is 2.52. The van der Waals surface area contributed by atoms with E-state index in [0.717, 1.165) is 48.0 Å². The second-order valence-electron chi connectivity index (χ2n) is 7.10. The van der Waals surface area contributed by atoms with E-state index >= 15 is 0 Å². The molecule has 2 aromatic rings. The van der Waals surface area contributed by atoms with Crippen molar-refractivity contribution in [2.24, 2.45) is 4.99 Å². The van der Waals surface area contributed by atoms with E-state index in [1.165, 1.54) is 11.1 Å². The molecule has 1 aliphatic heterocycles. The van der Waals surface area contributed by atoms with Crippen LogP contribution in [0.5, 0.6) is 0 Å². The maximum absolute atomic E-state index is 4.65. The number of hydrogen-bond acceptors (Lipinski definition) is 3. The maximum Gasteiger partial charge on any atom is 0.191 e. The van der Waals surface area contributed by atoms with Crippen LogP contribution in [0.15, 0.2) is 27.7 Å². The lowest BCUT2D eigenvalue weighted by Gasteiger charge is -2.25. The van der Waals surface area contributed by atoms with E-state index in [9.17, 15) is 0 Å². The van der Waals surface area contributed by atoms with Crippen molar-refractivity contribution in [3.63, 3.8) is 0 Å². The van der Waals surface area contributed by atoms with Gasteiger partial charge in [0.15, 0.2) is 11.8 Å². The summed E-state index contributed by atoms with van der Waals surface area (Å²) in [5.74, 6) is 3.22. The van der Waals surface area contributed by atoms with Gasteiger partial charge < -0.3 is 10.6 Å². The van der Waals surface area contributed by atoms with E-state index in [0.29, 0.717) is 12.0 Å². The molecule has 1 aromatic heterocycles. The van der Waals surface area contributed by atoms with Gasteiger partial charge in [-0.2, -0.15) is 5.10 Å². The van der Waals surface area contributed by atoms with Crippen LogP contribution in [0, 0.1) is 6.92 Å². The first-order valence-corrected chi connectivity index (χ1v) is 9.91. The Hall–Kier alpha value is -1.16. The molecule has 0 spiro atoms. The molecular formula is C19H28BrIN6. The first-order chi connectivity index (χ1) is 12.5. The van der Waals surface area contributed by atoms with E-state index in [2.05, 4.69) is 80.6 Å². The van der Waals surface area contributed by atoms with Crippen molar-refractivity contribution in [2.75, 3.05) is 7.05 Å². The highest BCUT2D eigenvalue weighted by atomic mass is 127. The van der Waals surface area contributed by atoms with Gasteiger partial charge in [-0.1, -0.05) is 35.8 Å². The maximum atomic E-state index is 4.65. The summed E-state index contributed by atoms with van der Waals surface area (Å²) in [7, 11) is 1.81. The quantitative estimate of drug-likeness (QED) is 0.348. The van der Waals surface area contributed by atoms with Crippen molar-refractivity contribution in [1.82, 2.24) is 25.4 Å². The number of hydrogen-bond donors (Lipinski definition) is 2. The number of aliphatic imine (C=N–C) groups is 1. The Bertz CT molecular complexity index is 801. The summed E-state index contributed by atoms with van der Waals surface area (Å²) in [6.45, 7) is 7.96. The lowest BCUT2D eigenvalue weighted by Crippen LogP contribution is -2.46. The van der Waals surface area contributed by atoms with E-state index in [1.807, 2.05) is 11.7 Å². The van der Waals surface area contributed by atoms with Crippen LogP contribution in [-0.4, -0.2) is 33.8 Å². The van der Waals surface area contributed by atoms with Crippen LogP contribution in [-0.2, 0) is 19.5 Å². The minimum atomic E-state index is 0. The fourth-order valence-electron chi connectivity index (χ4n) is 3.12. The van der Waals surface area contributed by atoms with Gasteiger partial charge in [0, 0.05) is 36.4 Å². The fraction of sp³-hybridized carbons (Fsp3) is 0.526. The number of halogens is 2. The van der Waals surface area contributed by atoms with Gasteiger partial charge in [-0.25, -0.2) is 9.67 Å². The van der Waals surface area contributed by atoms with Crippen LogP contribution in [0.25, 0.3) is 0 Å². The first-order valence-electron chi connectivity index (χ1n) is 9.12. The molecule has 3 rings (SSSR count). The molecule has 1 aromatic carbocycles. The van der Waals surface area contributed by atoms with Gasteiger partial charge in [0.05, 0.1) is 6.54 Å². The highest BCUT2D eigenvalue weighted by Crippen LogP contribution is 2.17. The molecular weight excluding hydrogens is 519 g/mol. The number of fused-ring (bicyclic) bond motifs is 1. The molecule has 1 aliphatic rings. The molecule has 0 fully saturated rings. The van der Waals surface area contributed by atoms with Gasteiger partial charge in [0.25, 0.3) is 0 Å². The van der Waals surface area contributed by atoms with E-state index in [4.69, 9.17) is 0 Å². The van der Waals surface area contributed by atoms with Crippen molar-refractivity contribution in [3.8, 4) is 0 Å². The average molecular weight is 547 g/mol.